The molecule has 1 N–H and O–H groups in total. The lowest BCUT2D eigenvalue weighted by molar-refractivity contribution is 0.0599. The van der Waals surface area contributed by atoms with E-state index in [-0.39, 0.29) is 12.0 Å². The number of aromatic nitrogens is 2. The van der Waals surface area contributed by atoms with Crippen LogP contribution in [0.2, 0.25) is 0 Å². The highest BCUT2D eigenvalue weighted by Gasteiger charge is 2.15. The molecule has 2 heterocycles. The second kappa shape index (κ2) is 6.38. The highest BCUT2D eigenvalue weighted by atomic mass is 16.5. The highest BCUT2D eigenvalue weighted by molar-refractivity contribution is 5.90. The van der Waals surface area contributed by atoms with Crippen molar-refractivity contribution >= 4 is 5.97 Å². The summed E-state index contributed by atoms with van der Waals surface area (Å²) in [5, 5.41) is 3.34. The molecule has 6 heteroatoms. The van der Waals surface area contributed by atoms with Crippen molar-refractivity contribution in [1.29, 1.82) is 0 Å². The molecule has 6 nitrogen and oxygen atoms in total. The molecule has 0 radical (unpaired) electrons. The number of carbonyl (C=O) groups excluding carboxylic acids is 1. The van der Waals surface area contributed by atoms with Gasteiger partial charge in [0, 0.05) is 25.0 Å². The molecule has 0 aromatic carbocycles. The number of furan rings is 1. The van der Waals surface area contributed by atoms with Gasteiger partial charge in [0.25, 0.3) is 0 Å². The summed E-state index contributed by atoms with van der Waals surface area (Å²) in [5.41, 5.74) is 0.478. The molecule has 2 rings (SSSR count). The lowest BCUT2D eigenvalue weighted by Gasteiger charge is -2.13. The van der Waals surface area contributed by atoms with E-state index >= 15 is 0 Å². The predicted molar refractivity (Wildman–Crippen MR) is 73.3 cm³/mol. The average molecular weight is 277 g/mol. The van der Waals surface area contributed by atoms with Crippen LogP contribution >= 0.6 is 0 Å². The molecular weight excluding hydrogens is 258 g/mol. The van der Waals surface area contributed by atoms with E-state index in [0.29, 0.717) is 17.9 Å². The van der Waals surface area contributed by atoms with Gasteiger partial charge in [-0.2, -0.15) is 0 Å². The topological polar surface area (TPSA) is 69.3 Å². The first-order valence-corrected chi connectivity index (χ1v) is 6.47. The second-order valence-electron chi connectivity index (χ2n) is 4.72. The fourth-order valence-electron chi connectivity index (χ4n) is 1.99. The van der Waals surface area contributed by atoms with Crippen molar-refractivity contribution < 1.29 is 13.9 Å². The Labute approximate surface area is 117 Å². The number of imidazole rings is 1. The molecule has 1 atom stereocenters. The molecule has 0 fully saturated rings. The number of rotatable bonds is 6. The molecule has 0 saturated heterocycles. The summed E-state index contributed by atoms with van der Waals surface area (Å²) in [6, 6.07) is 1.98. The standard InChI is InChI=1S/C14H19N3O3/c1-10(8-17-5-4-15-9-17)16-7-12-6-13(11(2)20-12)14(18)19-3/h4-6,9-10,16H,7-8H2,1-3H3. The van der Waals surface area contributed by atoms with E-state index in [1.54, 1.807) is 25.5 Å². The summed E-state index contributed by atoms with van der Waals surface area (Å²) in [5.74, 6) is 0.931. The van der Waals surface area contributed by atoms with Crippen LogP contribution in [0.15, 0.2) is 29.2 Å². The van der Waals surface area contributed by atoms with Crippen molar-refractivity contribution in [3.8, 4) is 0 Å². The minimum Gasteiger partial charge on any atom is -0.465 e. The zero-order valence-corrected chi connectivity index (χ0v) is 11.9. The Morgan fingerprint density at radius 1 is 1.60 bits per heavy atom. The number of aryl methyl sites for hydroxylation is 1. The highest BCUT2D eigenvalue weighted by Crippen LogP contribution is 2.15. The summed E-state index contributed by atoms with van der Waals surface area (Å²) < 4.78 is 12.2. The number of carbonyl (C=O) groups is 1. The molecule has 0 bridgehead atoms. The smallest absolute Gasteiger partial charge is 0.341 e. The summed E-state index contributed by atoms with van der Waals surface area (Å²) in [6.07, 6.45) is 5.46. The van der Waals surface area contributed by atoms with Gasteiger partial charge in [0.2, 0.25) is 0 Å². The van der Waals surface area contributed by atoms with Crippen LogP contribution in [0.4, 0.5) is 0 Å². The maximum atomic E-state index is 11.5. The number of ether oxygens (including phenoxy) is 1. The molecule has 0 amide bonds. The lowest BCUT2D eigenvalue weighted by Crippen LogP contribution is -2.29. The number of nitrogens with zero attached hydrogens (tertiary/aromatic N) is 2. The summed E-state index contributed by atoms with van der Waals surface area (Å²) >= 11 is 0. The maximum Gasteiger partial charge on any atom is 0.341 e. The van der Waals surface area contributed by atoms with Crippen LogP contribution in [0.3, 0.4) is 0 Å². The molecule has 0 spiro atoms. The number of esters is 1. The Kier molecular flexibility index (Phi) is 4.57. The van der Waals surface area contributed by atoms with E-state index < -0.39 is 0 Å². The first kappa shape index (κ1) is 14.3. The van der Waals surface area contributed by atoms with Gasteiger partial charge in [0.05, 0.1) is 20.0 Å². The summed E-state index contributed by atoms with van der Waals surface area (Å²) in [4.78, 5) is 15.5. The normalized spacial score (nSPS) is 12.3. The third-order valence-corrected chi connectivity index (χ3v) is 3.04. The minimum absolute atomic E-state index is 0.260. The number of hydrogen-bond donors (Lipinski definition) is 1. The van der Waals surface area contributed by atoms with Gasteiger partial charge in [0.1, 0.15) is 17.1 Å². The van der Waals surface area contributed by atoms with Crippen LogP contribution in [0.1, 0.15) is 28.8 Å². The third-order valence-electron chi connectivity index (χ3n) is 3.04. The van der Waals surface area contributed by atoms with Crippen LogP contribution in [-0.2, 0) is 17.8 Å². The molecule has 108 valence electrons. The van der Waals surface area contributed by atoms with Gasteiger partial charge >= 0.3 is 5.97 Å². The van der Waals surface area contributed by atoms with Crippen molar-refractivity contribution in [1.82, 2.24) is 14.9 Å². The van der Waals surface area contributed by atoms with Crippen molar-refractivity contribution in [2.24, 2.45) is 0 Å². The van der Waals surface area contributed by atoms with Crippen molar-refractivity contribution in [3.05, 3.63) is 41.9 Å². The SMILES string of the molecule is COC(=O)c1cc(CNC(C)Cn2ccnc2)oc1C. The minimum atomic E-state index is -0.371. The Bertz CT molecular complexity index is 560. The van der Waals surface area contributed by atoms with Crippen LogP contribution in [0, 0.1) is 6.92 Å². The molecule has 0 saturated carbocycles. The lowest BCUT2D eigenvalue weighted by atomic mass is 10.2. The number of hydrogen-bond acceptors (Lipinski definition) is 5. The second-order valence-corrected chi connectivity index (χ2v) is 4.72. The summed E-state index contributed by atoms with van der Waals surface area (Å²) in [7, 11) is 1.36. The molecule has 20 heavy (non-hydrogen) atoms. The van der Waals surface area contributed by atoms with Gasteiger partial charge in [-0.15, -0.1) is 0 Å². The van der Waals surface area contributed by atoms with E-state index in [2.05, 4.69) is 17.2 Å². The predicted octanol–water partition coefficient (Wildman–Crippen LogP) is 1.75. The third kappa shape index (κ3) is 3.48. The van der Waals surface area contributed by atoms with E-state index in [4.69, 9.17) is 9.15 Å². The number of methoxy groups -OCH3 is 1. The maximum absolute atomic E-state index is 11.5. The zero-order chi connectivity index (χ0) is 14.5. The van der Waals surface area contributed by atoms with Gasteiger partial charge in [-0.25, -0.2) is 9.78 Å². The Hall–Kier alpha value is -2.08. The van der Waals surface area contributed by atoms with E-state index in [0.717, 1.165) is 12.3 Å². The fraction of sp³-hybridized carbons (Fsp3) is 0.429. The summed E-state index contributed by atoms with van der Waals surface area (Å²) in [6.45, 7) is 5.22. The van der Waals surface area contributed by atoms with Crippen LogP contribution < -0.4 is 5.32 Å². The van der Waals surface area contributed by atoms with Gasteiger partial charge in [0.15, 0.2) is 0 Å². The van der Waals surface area contributed by atoms with Gasteiger partial charge in [-0.05, 0) is 19.9 Å². The quantitative estimate of drug-likeness (QED) is 0.815. The Balaban J connectivity index is 1.89. The number of nitrogens with one attached hydrogen (secondary N) is 1. The molecular formula is C14H19N3O3. The van der Waals surface area contributed by atoms with Crippen molar-refractivity contribution in [2.75, 3.05) is 7.11 Å². The zero-order valence-electron chi connectivity index (χ0n) is 11.9. The van der Waals surface area contributed by atoms with Crippen molar-refractivity contribution in [3.63, 3.8) is 0 Å². The average Bonchev–Trinajstić information content (AvgIpc) is 3.05. The van der Waals surface area contributed by atoms with E-state index in [9.17, 15) is 4.79 Å². The van der Waals surface area contributed by atoms with Gasteiger partial charge in [-0.1, -0.05) is 0 Å². The Morgan fingerprint density at radius 3 is 3.05 bits per heavy atom. The molecule has 1 unspecified atom stereocenters. The molecule has 0 aliphatic heterocycles. The van der Waals surface area contributed by atoms with Gasteiger partial charge < -0.3 is 19.0 Å². The fourth-order valence-corrected chi connectivity index (χ4v) is 1.99. The van der Waals surface area contributed by atoms with Gasteiger partial charge in [-0.3, -0.25) is 0 Å². The molecule has 2 aromatic rings. The van der Waals surface area contributed by atoms with Crippen LogP contribution in [-0.4, -0.2) is 28.7 Å². The largest absolute Gasteiger partial charge is 0.465 e. The molecule has 0 aliphatic rings. The monoisotopic (exact) mass is 277 g/mol. The van der Waals surface area contributed by atoms with Crippen LogP contribution in [0.25, 0.3) is 0 Å². The Morgan fingerprint density at radius 2 is 2.40 bits per heavy atom. The molecule has 2 aromatic heterocycles. The van der Waals surface area contributed by atoms with E-state index in [1.807, 2.05) is 10.8 Å². The van der Waals surface area contributed by atoms with Crippen molar-refractivity contribution in [2.45, 2.75) is 33.0 Å². The van der Waals surface area contributed by atoms with Crippen LogP contribution in [0.5, 0.6) is 0 Å². The molecule has 0 aliphatic carbocycles. The van der Waals surface area contributed by atoms with E-state index in [1.165, 1.54) is 7.11 Å². The first-order chi connectivity index (χ1) is 9.60. The first-order valence-electron chi connectivity index (χ1n) is 6.47.